The normalized spacial score (nSPS) is 38.8. The number of allylic oxidation sites excluding steroid dienone is 5. The predicted molar refractivity (Wildman–Crippen MR) is 130 cm³/mol. The number of aliphatic hydroxyl groups is 1. The SMILES string of the molecule is C=C1C(C)CC(=C/C=C2\CCCC3(C)C2CCC3C(C)CCCC(C)(C)O)C[C@H]1C. The molecule has 0 spiro atoms. The van der Waals surface area contributed by atoms with Gasteiger partial charge < -0.3 is 5.11 Å². The van der Waals surface area contributed by atoms with E-state index in [2.05, 4.69) is 46.4 Å². The molecule has 1 N–H and O–H groups in total. The zero-order chi connectivity index (χ0) is 22.1. The van der Waals surface area contributed by atoms with Gasteiger partial charge in [-0.25, -0.2) is 0 Å². The highest BCUT2D eigenvalue weighted by Crippen LogP contribution is 2.60. The molecule has 3 aliphatic carbocycles. The van der Waals surface area contributed by atoms with Crippen LogP contribution in [0.2, 0.25) is 0 Å². The molecule has 6 atom stereocenters. The van der Waals surface area contributed by atoms with E-state index in [9.17, 15) is 5.11 Å². The third-order valence-electron chi connectivity index (χ3n) is 9.11. The zero-order valence-corrected chi connectivity index (χ0v) is 20.8. The van der Waals surface area contributed by atoms with E-state index in [0.717, 1.165) is 30.6 Å². The van der Waals surface area contributed by atoms with Gasteiger partial charge in [0.15, 0.2) is 0 Å². The van der Waals surface area contributed by atoms with Gasteiger partial charge in [-0.3, -0.25) is 0 Å². The first-order valence-corrected chi connectivity index (χ1v) is 12.8. The van der Waals surface area contributed by atoms with Crippen molar-refractivity contribution in [1.82, 2.24) is 0 Å². The summed E-state index contributed by atoms with van der Waals surface area (Å²) in [5, 5.41) is 10.1. The van der Waals surface area contributed by atoms with Crippen LogP contribution in [-0.2, 0) is 0 Å². The average Bonchev–Trinajstić information content (AvgIpc) is 3.00. The van der Waals surface area contributed by atoms with E-state index in [4.69, 9.17) is 0 Å². The molecule has 3 aliphatic rings. The summed E-state index contributed by atoms with van der Waals surface area (Å²) in [6.45, 7) is 18.0. The molecule has 3 saturated carbocycles. The summed E-state index contributed by atoms with van der Waals surface area (Å²) >= 11 is 0. The van der Waals surface area contributed by atoms with Gasteiger partial charge in [0.1, 0.15) is 0 Å². The summed E-state index contributed by atoms with van der Waals surface area (Å²) in [6, 6.07) is 0. The first kappa shape index (κ1) is 23.8. The lowest BCUT2D eigenvalue weighted by molar-refractivity contribution is 0.0597. The first-order valence-electron chi connectivity index (χ1n) is 12.8. The molecule has 0 bridgehead atoms. The Bertz CT molecular complexity index is 659. The number of hydrogen-bond donors (Lipinski definition) is 1. The minimum Gasteiger partial charge on any atom is -0.390 e. The standard InChI is InChI=1S/C29H48O/c1-20(10-8-16-28(5,6)30)26-14-15-27-25(11-9-17-29(26,27)7)13-12-24-18-21(2)23(4)22(3)19-24/h12-13,20-22,26-27,30H,4,8-11,14-19H2,1-3,5-7H3/b24-12?,25-13+/t20?,21-,22?,26?,27?,29?/m1/s1. The van der Waals surface area contributed by atoms with Crippen LogP contribution in [0.3, 0.4) is 0 Å². The van der Waals surface area contributed by atoms with Gasteiger partial charge in [-0.1, -0.05) is 76.0 Å². The smallest absolute Gasteiger partial charge is 0.0591 e. The van der Waals surface area contributed by atoms with Crippen molar-refractivity contribution in [3.05, 3.63) is 35.5 Å². The fraction of sp³-hybridized carbons (Fsp3) is 0.793. The summed E-state index contributed by atoms with van der Waals surface area (Å²) < 4.78 is 0. The van der Waals surface area contributed by atoms with Crippen LogP contribution in [0.15, 0.2) is 35.5 Å². The van der Waals surface area contributed by atoms with E-state index in [1.807, 2.05) is 13.8 Å². The van der Waals surface area contributed by atoms with Crippen LogP contribution in [0, 0.1) is 35.0 Å². The fourth-order valence-corrected chi connectivity index (χ4v) is 7.25. The topological polar surface area (TPSA) is 20.2 Å². The Kier molecular flexibility index (Phi) is 7.43. The quantitative estimate of drug-likeness (QED) is 0.435. The van der Waals surface area contributed by atoms with Gasteiger partial charge in [-0.05, 0) is 100 Å². The van der Waals surface area contributed by atoms with Crippen molar-refractivity contribution in [3.63, 3.8) is 0 Å². The number of fused-ring (bicyclic) bond motifs is 1. The molecule has 0 aromatic rings. The molecule has 3 fully saturated rings. The van der Waals surface area contributed by atoms with Gasteiger partial charge in [-0.2, -0.15) is 0 Å². The maximum atomic E-state index is 10.1. The van der Waals surface area contributed by atoms with E-state index in [-0.39, 0.29) is 0 Å². The summed E-state index contributed by atoms with van der Waals surface area (Å²) in [5.41, 5.74) is 4.79. The van der Waals surface area contributed by atoms with E-state index in [0.29, 0.717) is 17.3 Å². The van der Waals surface area contributed by atoms with Gasteiger partial charge in [0.05, 0.1) is 5.60 Å². The summed E-state index contributed by atoms with van der Waals surface area (Å²) in [5.74, 6) is 3.68. The molecule has 3 rings (SSSR count). The van der Waals surface area contributed by atoms with Crippen molar-refractivity contribution in [1.29, 1.82) is 0 Å². The lowest BCUT2D eigenvalue weighted by Gasteiger charge is -2.44. The molecule has 1 nitrogen and oxygen atoms in total. The van der Waals surface area contributed by atoms with E-state index >= 15 is 0 Å². The van der Waals surface area contributed by atoms with Crippen molar-refractivity contribution in [2.24, 2.45) is 35.0 Å². The Morgan fingerprint density at radius 1 is 1.17 bits per heavy atom. The Morgan fingerprint density at radius 3 is 2.47 bits per heavy atom. The van der Waals surface area contributed by atoms with E-state index in [1.165, 1.54) is 56.9 Å². The monoisotopic (exact) mass is 412 g/mol. The number of rotatable bonds is 6. The molecule has 170 valence electrons. The van der Waals surface area contributed by atoms with Crippen LogP contribution >= 0.6 is 0 Å². The van der Waals surface area contributed by atoms with E-state index < -0.39 is 5.60 Å². The van der Waals surface area contributed by atoms with Gasteiger partial charge in [0, 0.05) is 0 Å². The van der Waals surface area contributed by atoms with Gasteiger partial charge in [-0.15, -0.1) is 0 Å². The lowest BCUT2D eigenvalue weighted by atomic mass is 9.60. The molecule has 5 unspecified atom stereocenters. The average molecular weight is 413 g/mol. The maximum absolute atomic E-state index is 10.1. The molecule has 0 radical (unpaired) electrons. The second-order valence-corrected chi connectivity index (χ2v) is 12.1. The second kappa shape index (κ2) is 9.35. The van der Waals surface area contributed by atoms with Crippen LogP contribution in [0.4, 0.5) is 0 Å². The molecule has 0 amide bonds. The Hall–Kier alpha value is -0.820. The molecule has 0 aromatic carbocycles. The van der Waals surface area contributed by atoms with Crippen LogP contribution in [0.25, 0.3) is 0 Å². The third kappa shape index (κ3) is 5.32. The van der Waals surface area contributed by atoms with Crippen molar-refractivity contribution in [2.45, 2.75) is 111 Å². The molecular weight excluding hydrogens is 364 g/mol. The molecule has 30 heavy (non-hydrogen) atoms. The van der Waals surface area contributed by atoms with Crippen molar-refractivity contribution < 1.29 is 5.11 Å². The highest BCUT2D eigenvalue weighted by Gasteiger charge is 2.50. The molecule has 0 saturated heterocycles. The van der Waals surface area contributed by atoms with Crippen LogP contribution in [-0.4, -0.2) is 10.7 Å². The van der Waals surface area contributed by atoms with Crippen molar-refractivity contribution >= 4 is 0 Å². The van der Waals surface area contributed by atoms with Crippen LogP contribution in [0.5, 0.6) is 0 Å². The fourth-order valence-electron chi connectivity index (χ4n) is 7.25. The van der Waals surface area contributed by atoms with Gasteiger partial charge >= 0.3 is 0 Å². The maximum Gasteiger partial charge on any atom is 0.0591 e. The van der Waals surface area contributed by atoms with Gasteiger partial charge in [0.2, 0.25) is 0 Å². The summed E-state index contributed by atoms with van der Waals surface area (Å²) in [6.07, 6.45) is 17.6. The minimum atomic E-state index is -0.517. The van der Waals surface area contributed by atoms with Crippen LogP contribution in [0.1, 0.15) is 106 Å². The number of hydrogen-bond acceptors (Lipinski definition) is 1. The first-order chi connectivity index (χ1) is 14.0. The Balaban J connectivity index is 1.67. The molecule has 0 aliphatic heterocycles. The predicted octanol–water partition coefficient (Wildman–Crippen LogP) is 8.26. The summed E-state index contributed by atoms with van der Waals surface area (Å²) in [7, 11) is 0. The Morgan fingerprint density at radius 2 is 1.83 bits per heavy atom. The Labute approximate surface area is 187 Å². The van der Waals surface area contributed by atoms with Gasteiger partial charge in [0.25, 0.3) is 0 Å². The van der Waals surface area contributed by atoms with Crippen molar-refractivity contribution in [3.8, 4) is 0 Å². The highest BCUT2D eigenvalue weighted by molar-refractivity contribution is 5.28. The molecular formula is C29H48O. The minimum absolute atomic E-state index is 0.484. The molecule has 1 heteroatoms. The third-order valence-corrected chi connectivity index (χ3v) is 9.11. The van der Waals surface area contributed by atoms with Crippen molar-refractivity contribution in [2.75, 3.05) is 0 Å². The summed E-state index contributed by atoms with van der Waals surface area (Å²) in [4.78, 5) is 0. The lowest BCUT2D eigenvalue weighted by Crippen LogP contribution is -2.36. The molecule has 0 aromatic heterocycles. The second-order valence-electron chi connectivity index (χ2n) is 12.1. The van der Waals surface area contributed by atoms with Crippen LogP contribution < -0.4 is 0 Å². The molecule has 0 heterocycles. The van der Waals surface area contributed by atoms with E-state index in [1.54, 1.807) is 11.1 Å². The highest BCUT2D eigenvalue weighted by atomic mass is 16.3. The zero-order valence-electron chi connectivity index (χ0n) is 20.8. The largest absolute Gasteiger partial charge is 0.390 e.